The first kappa shape index (κ1) is 16.5. The Bertz CT molecular complexity index is 618. The molecule has 1 unspecified atom stereocenters. The van der Waals surface area contributed by atoms with E-state index in [4.69, 9.17) is 4.74 Å². The average Bonchev–Trinajstić information content (AvgIpc) is 2.52. The topological polar surface area (TPSA) is 29.5 Å². The van der Waals surface area contributed by atoms with Gasteiger partial charge in [0.2, 0.25) is 0 Å². The summed E-state index contributed by atoms with van der Waals surface area (Å²) >= 11 is 0. The molecule has 0 aromatic heterocycles. The monoisotopic (exact) mass is 321 g/mol. The van der Waals surface area contributed by atoms with Crippen LogP contribution in [0, 0.1) is 5.82 Å². The zero-order chi connectivity index (χ0) is 14.7. The number of hydrogen-bond donors (Lipinski definition) is 0. The molecule has 5 heteroatoms. The Morgan fingerprint density at radius 3 is 2.45 bits per heavy atom. The quantitative estimate of drug-likeness (QED) is 0.867. The zero-order valence-electron chi connectivity index (χ0n) is 11.9. The highest BCUT2D eigenvalue weighted by molar-refractivity contribution is 5.85. The maximum absolute atomic E-state index is 13.0. The van der Waals surface area contributed by atoms with Gasteiger partial charge in [-0.15, -0.1) is 12.4 Å². The predicted molar refractivity (Wildman–Crippen MR) is 84.2 cm³/mol. The van der Waals surface area contributed by atoms with Crippen LogP contribution < -0.4 is 0 Å². The number of morpholine rings is 1. The molecule has 2 aromatic rings. The van der Waals surface area contributed by atoms with E-state index < -0.39 is 6.10 Å². The van der Waals surface area contributed by atoms with Crippen molar-refractivity contribution in [2.24, 2.45) is 0 Å². The maximum atomic E-state index is 13.0. The van der Waals surface area contributed by atoms with E-state index in [1.165, 1.54) is 12.1 Å². The summed E-state index contributed by atoms with van der Waals surface area (Å²) in [6.07, 6.45) is -0.636. The first-order valence-corrected chi connectivity index (χ1v) is 6.94. The third kappa shape index (κ3) is 3.64. The van der Waals surface area contributed by atoms with Crippen molar-refractivity contribution in [2.75, 3.05) is 13.2 Å². The molecule has 0 radical (unpaired) electrons. The van der Waals surface area contributed by atoms with E-state index in [9.17, 15) is 9.18 Å². The number of ether oxygens (including phenoxy) is 1. The molecule has 0 saturated carbocycles. The lowest BCUT2D eigenvalue weighted by Crippen LogP contribution is -2.42. The number of amides is 1. The van der Waals surface area contributed by atoms with Crippen molar-refractivity contribution in [3.63, 3.8) is 0 Å². The van der Waals surface area contributed by atoms with Crippen LogP contribution in [0.1, 0.15) is 17.2 Å². The summed E-state index contributed by atoms with van der Waals surface area (Å²) in [7, 11) is 0. The molecule has 1 amide bonds. The summed E-state index contributed by atoms with van der Waals surface area (Å²) < 4.78 is 18.5. The van der Waals surface area contributed by atoms with Crippen LogP contribution in [0.3, 0.4) is 0 Å². The maximum Gasteiger partial charge on any atom is 0.256 e. The number of nitrogens with zero attached hydrogens (tertiary/aromatic N) is 1. The van der Waals surface area contributed by atoms with Gasteiger partial charge in [0.15, 0.2) is 6.10 Å². The number of benzene rings is 2. The summed E-state index contributed by atoms with van der Waals surface area (Å²) in [6.45, 7) is 1.63. The van der Waals surface area contributed by atoms with Gasteiger partial charge in [0.25, 0.3) is 5.91 Å². The Labute approximate surface area is 135 Å². The van der Waals surface area contributed by atoms with Crippen LogP contribution in [-0.2, 0) is 16.1 Å². The molecule has 3 nitrogen and oxygen atoms in total. The van der Waals surface area contributed by atoms with Gasteiger partial charge in [-0.25, -0.2) is 4.39 Å². The molecule has 0 bridgehead atoms. The largest absolute Gasteiger partial charge is 0.362 e. The number of carbonyl (C=O) groups is 1. The van der Waals surface area contributed by atoms with Crippen LogP contribution in [0.15, 0.2) is 54.6 Å². The second-order valence-corrected chi connectivity index (χ2v) is 5.05. The molecule has 1 atom stereocenters. The summed E-state index contributed by atoms with van der Waals surface area (Å²) in [5.74, 6) is -0.389. The first-order chi connectivity index (χ1) is 10.2. The molecule has 22 heavy (non-hydrogen) atoms. The van der Waals surface area contributed by atoms with Crippen LogP contribution in [0.5, 0.6) is 0 Å². The molecule has 1 heterocycles. The molecule has 1 saturated heterocycles. The molecule has 0 spiro atoms. The van der Waals surface area contributed by atoms with Crippen molar-refractivity contribution in [1.29, 1.82) is 0 Å². The minimum absolute atomic E-state index is 0. The van der Waals surface area contributed by atoms with Crippen LogP contribution in [0.2, 0.25) is 0 Å². The van der Waals surface area contributed by atoms with E-state index in [2.05, 4.69) is 0 Å². The van der Waals surface area contributed by atoms with Crippen molar-refractivity contribution in [3.05, 3.63) is 71.5 Å². The molecule has 2 aromatic carbocycles. The van der Waals surface area contributed by atoms with E-state index in [1.54, 1.807) is 17.0 Å². The zero-order valence-corrected chi connectivity index (χ0v) is 12.8. The molecular weight excluding hydrogens is 305 g/mol. The van der Waals surface area contributed by atoms with Gasteiger partial charge in [0.1, 0.15) is 5.82 Å². The fraction of sp³-hybridized carbons (Fsp3) is 0.235. The van der Waals surface area contributed by atoms with E-state index in [0.29, 0.717) is 25.3 Å². The normalized spacial score (nSPS) is 18.0. The molecule has 0 aliphatic carbocycles. The standard InChI is InChI=1S/C17H16FNO2.ClH/c18-15-8-6-14(7-9-15)16-17(20)19(10-11-21-16)12-13-4-2-1-3-5-13;/h1-9,16H,10-12H2;1H. The lowest BCUT2D eigenvalue weighted by molar-refractivity contribution is -0.154. The Morgan fingerprint density at radius 1 is 1.09 bits per heavy atom. The Hall–Kier alpha value is -1.91. The third-order valence-electron chi connectivity index (χ3n) is 3.57. The van der Waals surface area contributed by atoms with Crippen molar-refractivity contribution in [2.45, 2.75) is 12.6 Å². The molecule has 1 fully saturated rings. The van der Waals surface area contributed by atoms with Crippen LogP contribution in [0.25, 0.3) is 0 Å². The number of carbonyl (C=O) groups excluding carboxylic acids is 1. The Kier molecular flexibility index (Phi) is 5.52. The fourth-order valence-electron chi connectivity index (χ4n) is 2.47. The van der Waals surface area contributed by atoms with Crippen LogP contribution >= 0.6 is 12.4 Å². The lowest BCUT2D eigenvalue weighted by Gasteiger charge is -2.32. The van der Waals surface area contributed by atoms with E-state index >= 15 is 0 Å². The van der Waals surface area contributed by atoms with E-state index in [-0.39, 0.29) is 24.1 Å². The van der Waals surface area contributed by atoms with Gasteiger partial charge in [0, 0.05) is 13.1 Å². The lowest BCUT2D eigenvalue weighted by atomic mass is 10.1. The van der Waals surface area contributed by atoms with Crippen LogP contribution in [0.4, 0.5) is 4.39 Å². The number of rotatable bonds is 3. The number of hydrogen-bond acceptors (Lipinski definition) is 2. The molecule has 116 valence electrons. The SMILES string of the molecule is Cl.O=C1C(c2ccc(F)cc2)OCCN1Cc1ccccc1. The van der Waals surface area contributed by atoms with E-state index in [1.807, 2.05) is 30.3 Å². The molecule has 1 aliphatic rings. The minimum Gasteiger partial charge on any atom is -0.362 e. The summed E-state index contributed by atoms with van der Waals surface area (Å²) in [5, 5.41) is 0. The van der Waals surface area contributed by atoms with Crippen molar-refractivity contribution in [3.8, 4) is 0 Å². The van der Waals surface area contributed by atoms with Crippen molar-refractivity contribution < 1.29 is 13.9 Å². The molecule has 0 N–H and O–H groups in total. The van der Waals surface area contributed by atoms with Crippen LogP contribution in [-0.4, -0.2) is 24.0 Å². The number of halogens is 2. The van der Waals surface area contributed by atoms with Gasteiger partial charge in [-0.2, -0.15) is 0 Å². The van der Waals surface area contributed by atoms with Gasteiger partial charge >= 0.3 is 0 Å². The second-order valence-electron chi connectivity index (χ2n) is 5.05. The second kappa shape index (κ2) is 7.38. The Morgan fingerprint density at radius 2 is 1.77 bits per heavy atom. The highest BCUT2D eigenvalue weighted by Gasteiger charge is 2.30. The van der Waals surface area contributed by atoms with Crippen molar-refractivity contribution in [1.82, 2.24) is 4.90 Å². The molecule has 1 aliphatic heterocycles. The van der Waals surface area contributed by atoms with E-state index in [0.717, 1.165) is 5.56 Å². The van der Waals surface area contributed by atoms with Gasteiger partial charge in [0.05, 0.1) is 6.61 Å². The molecule has 3 rings (SSSR count). The van der Waals surface area contributed by atoms with Gasteiger partial charge < -0.3 is 9.64 Å². The Balaban J connectivity index is 0.00000176. The third-order valence-corrected chi connectivity index (χ3v) is 3.57. The average molecular weight is 322 g/mol. The van der Waals surface area contributed by atoms with Gasteiger partial charge in [-0.3, -0.25) is 4.79 Å². The summed E-state index contributed by atoms with van der Waals surface area (Å²) in [5.41, 5.74) is 1.78. The fourth-order valence-corrected chi connectivity index (χ4v) is 2.47. The highest BCUT2D eigenvalue weighted by Crippen LogP contribution is 2.24. The first-order valence-electron chi connectivity index (χ1n) is 6.94. The van der Waals surface area contributed by atoms with Crippen molar-refractivity contribution >= 4 is 18.3 Å². The van der Waals surface area contributed by atoms with Gasteiger partial charge in [-0.1, -0.05) is 42.5 Å². The summed E-state index contributed by atoms with van der Waals surface area (Å²) in [6, 6.07) is 15.8. The highest BCUT2D eigenvalue weighted by atomic mass is 35.5. The molecular formula is C17H17ClFNO2. The van der Waals surface area contributed by atoms with Gasteiger partial charge in [-0.05, 0) is 23.3 Å². The smallest absolute Gasteiger partial charge is 0.256 e. The minimum atomic E-state index is -0.636. The summed E-state index contributed by atoms with van der Waals surface area (Å²) in [4.78, 5) is 14.3. The predicted octanol–water partition coefficient (Wildman–Crippen LogP) is 3.35.